The summed E-state index contributed by atoms with van der Waals surface area (Å²) in [6.07, 6.45) is 4.19. The first-order valence-corrected chi connectivity index (χ1v) is 8.15. The molecule has 2 aromatic heterocycles. The maximum atomic E-state index is 12.9. The van der Waals surface area contributed by atoms with Crippen LogP contribution in [0, 0.1) is 0 Å². The number of anilines is 1. The highest BCUT2D eigenvalue weighted by Crippen LogP contribution is 2.42. The van der Waals surface area contributed by atoms with E-state index in [1.165, 1.54) is 0 Å². The van der Waals surface area contributed by atoms with Crippen molar-refractivity contribution >= 4 is 38.8 Å². The van der Waals surface area contributed by atoms with Crippen molar-refractivity contribution in [3.8, 4) is 0 Å². The van der Waals surface area contributed by atoms with E-state index in [9.17, 15) is 9.59 Å². The fraction of sp³-hybridized carbons (Fsp3) is 0.211. The van der Waals surface area contributed by atoms with Crippen molar-refractivity contribution < 1.29 is 4.79 Å². The summed E-state index contributed by atoms with van der Waals surface area (Å²) in [4.78, 5) is 31.9. The van der Waals surface area contributed by atoms with Gasteiger partial charge in [-0.2, -0.15) is 0 Å². The molecule has 5 rings (SSSR count). The molecule has 0 N–H and O–H groups in total. The predicted octanol–water partition coefficient (Wildman–Crippen LogP) is 3.20. The zero-order valence-electron chi connectivity index (χ0n) is 13.4. The van der Waals surface area contributed by atoms with Crippen molar-refractivity contribution in [2.75, 3.05) is 4.90 Å². The third kappa shape index (κ3) is 1.38. The van der Waals surface area contributed by atoms with E-state index in [0.29, 0.717) is 16.6 Å². The monoisotopic (exact) mass is 317 g/mol. The van der Waals surface area contributed by atoms with Crippen LogP contribution in [-0.4, -0.2) is 21.3 Å². The quantitative estimate of drug-likeness (QED) is 0.570. The van der Waals surface area contributed by atoms with E-state index in [2.05, 4.69) is 11.9 Å². The maximum absolute atomic E-state index is 12.9. The first-order chi connectivity index (χ1) is 11.6. The molecule has 4 aromatic rings. The molecular formula is C19H15N3O2. The Bertz CT molecular complexity index is 1210. The van der Waals surface area contributed by atoms with E-state index < -0.39 is 0 Å². The fourth-order valence-electron chi connectivity index (χ4n) is 3.88. The maximum Gasteiger partial charge on any atom is 0.264 e. The van der Waals surface area contributed by atoms with Gasteiger partial charge in [0.05, 0.1) is 5.69 Å². The molecule has 1 unspecified atom stereocenters. The average Bonchev–Trinajstić information content (AvgIpc) is 3.19. The number of benzene rings is 2. The Labute approximate surface area is 137 Å². The molecule has 0 saturated carbocycles. The molecule has 0 radical (unpaired) electrons. The van der Waals surface area contributed by atoms with Crippen LogP contribution in [0.4, 0.5) is 5.69 Å². The molecule has 0 spiro atoms. The van der Waals surface area contributed by atoms with Crippen molar-refractivity contribution in [1.82, 2.24) is 9.38 Å². The summed E-state index contributed by atoms with van der Waals surface area (Å²) < 4.78 is 1.57. The molecule has 3 heterocycles. The van der Waals surface area contributed by atoms with Crippen LogP contribution in [0.2, 0.25) is 0 Å². The van der Waals surface area contributed by atoms with Gasteiger partial charge in [-0.25, -0.2) is 4.98 Å². The number of amides is 1. The minimum atomic E-state index is -0.0897. The van der Waals surface area contributed by atoms with Crippen molar-refractivity contribution in [3.63, 3.8) is 0 Å². The number of pyridine rings is 1. The number of imidazole rings is 1. The van der Waals surface area contributed by atoms with Crippen LogP contribution in [0.1, 0.15) is 30.6 Å². The van der Waals surface area contributed by atoms with Gasteiger partial charge in [-0.1, -0.05) is 6.92 Å². The third-order valence-electron chi connectivity index (χ3n) is 5.21. The average molecular weight is 317 g/mol. The Hall–Kier alpha value is -2.95. The zero-order chi connectivity index (χ0) is 16.6. The highest BCUT2D eigenvalue weighted by molar-refractivity contribution is 6.31. The van der Waals surface area contributed by atoms with Crippen LogP contribution in [0.25, 0.3) is 27.2 Å². The summed E-state index contributed by atoms with van der Waals surface area (Å²) in [5.74, 6) is 0.0180. The first kappa shape index (κ1) is 13.5. The predicted molar refractivity (Wildman–Crippen MR) is 94.2 cm³/mol. The minimum absolute atomic E-state index is 0.0180. The van der Waals surface area contributed by atoms with Gasteiger partial charge >= 0.3 is 0 Å². The van der Waals surface area contributed by atoms with Crippen LogP contribution in [0.5, 0.6) is 0 Å². The number of hydrogen-bond acceptors (Lipinski definition) is 3. The highest BCUT2D eigenvalue weighted by Gasteiger charge is 2.34. The van der Waals surface area contributed by atoms with Gasteiger partial charge in [0, 0.05) is 45.5 Å². The summed E-state index contributed by atoms with van der Waals surface area (Å²) in [5, 5.41) is 3.29. The summed E-state index contributed by atoms with van der Waals surface area (Å²) in [6, 6.07) is 7.63. The lowest BCUT2D eigenvalue weighted by Gasteiger charge is -2.24. The molecule has 0 bridgehead atoms. The lowest BCUT2D eigenvalue weighted by atomic mass is 9.98. The summed E-state index contributed by atoms with van der Waals surface area (Å²) in [5.41, 5.74) is 2.13. The molecule has 0 aliphatic carbocycles. The molecule has 5 nitrogen and oxygen atoms in total. The van der Waals surface area contributed by atoms with Gasteiger partial charge in [0.2, 0.25) is 0 Å². The SMILES string of the molecule is CCC(C)N1C(=O)c2ccc3c4c2c1ccc4c(=O)n1ccnc31. The van der Waals surface area contributed by atoms with Gasteiger partial charge in [0.25, 0.3) is 11.5 Å². The Balaban J connectivity index is 2.04. The summed E-state index contributed by atoms with van der Waals surface area (Å²) in [7, 11) is 0. The Morgan fingerprint density at radius 2 is 1.88 bits per heavy atom. The normalized spacial score (nSPS) is 15.2. The van der Waals surface area contributed by atoms with E-state index in [1.54, 1.807) is 16.8 Å². The van der Waals surface area contributed by atoms with Crippen LogP contribution >= 0.6 is 0 Å². The molecule has 118 valence electrons. The second-order valence-electron chi connectivity index (χ2n) is 6.40. The standard InChI is InChI=1S/C19H15N3O2/c1-3-10(2)22-14-7-6-12-15-11(4-5-13(16(14)15)19(22)24)17-20-8-9-21(17)18(12)23/h4-10H,3H2,1-2H3. The first-order valence-electron chi connectivity index (χ1n) is 8.15. The molecule has 2 aromatic carbocycles. The fourth-order valence-corrected chi connectivity index (χ4v) is 3.88. The largest absolute Gasteiger partial charge is 0.305 e. The topological polar surface area (TPSA) is 54.7 Å². The van der Waals surface area contributed by atoms with E-state index in [4.69, 9.17) is 0 Å². The van der Waals surface area contributed by atoms with Gasteiger partial charge < -0.3 is 4.90 Å². The minimum Gasteiger partial charge on any atom is -0.305 e. The number of carbonyl (C=O) groups excluding carboxylic acids is 1. The Kier molecular flexibility index (Phi) is 2.43. The molecule has 1 aliphatic heterocycles. The van der Waals surface area contributed by atoms with Crippen molar-refractivity contribution in [2.24, 2.45) is 0 Å². The van der Waals surface area contributed by atoms with Crippen molar-refractivity contribution in [2.45, 2.75) is 26.3 Å². The second kappa shape index (κ2) is 4.32. The van der Waals surface area contributed by atoms with Crippen LogP contribution in [-0.2, 0) is 0 Å². The van der Waals surface area contributed by atoms with E-state index >= 15 is 0 Å². The number of fused-ring (bicyclic) bond motifs is 2. The summed E-state index contributed by atoms with van der Waals surface area (Å²) in [6.45, 7) is 4.12. The van der Waals surface area contributed by atoms with Crippen LogP contribution in [0.3, 0.4) is 0 Å². The van der Waals surface area contributed by atoms with Gasteiger partial charge in [-0.3, -0.25) is 14.0 Å². The third-order valence-corrected chi connectivity index (χ3v) is 5.21. The molecule has 0 fully saturated rings. The number of hydrogen-bond donors (Lipinski definition) is 0. The number of rotatable bonds is 2. The Morgan fingerprint density at radius 1 is 1.08 bits per heavy atom. The van der Waals surface area contributed by atoms with Gasteiger partial charge in [-0.05, 0) is 37.6 Å². The zero-order valence-corrected chi connectivity index (χ0v) is 13.4. The van der Waals surface area contributed by atoms with Gasteiger partial charge in [0.15, 0.2) is 0 Å². The van der Waals surface area contributed by atoms with E-state index in [0.717, 1.165) is 28.3 Å². The molecule has 1 atom stereocenters. The van der Waals surface area contributed by atoms with Crippen molar-refractivity contribution in [3.05, 3.63) is 52.6 Å². The van der Waals surface area contributed by atoms with E-state index in [-0.39, 0.29) is 17.5 Å². The van der Waals surface area contributed by atoms with Crippen molar-refractivity contribution in [1.29, 1.82) is 0 Å². The van der Waals surface area contributed by atoms with Crippen LogP contribution in [0.15, 0.2) is 41.5 Å². The van der Waals surface area contributed by atoms with Crippen LogP contribution < -0.4 is 10.5 Å². The second-order valence-corrected chi connectivity index (χ2v) is 6.40. The van der Waals surface area contributed by atoms with E-state index in [1.807, 2.05) is 36.1 Å². The smallest absolute Gasteiger partial charge is 0.264 e. The Morgan fingerprint density at radius 3 is 2.67 bits per heavy atom. The molecular weight excluding hydrogens is 302 g/mol. The molecule has 5 heteroatoms. The number of nitrogens with zero attached hydrogens (tertiary/aromatic N) is 3. The highest BCUT2D eigenvalue weighted by atomic mass is 16.2. The molecule has 1 aliphatic rings. The molecule has 1 amide bonds. The molecule has 24 heavy (non-hydrogen) atoms. The number of carbonyl (C=O) groups is 1. The van der Waals surface area contributed by atoms with Gasteiger partial charge in [-0.15, -0.1) is 0 Å². The lowest BCUT2D eigenvalue weighted by Crippen LogP contribution is -2.35. The lowest BCUT2D eigenvalue weighted by molar-refractivity contribution is 0.0984. The summed E-state index contributed by atoms with van der Waals surface area (Å²) >= 11 is 0. The number of aromatic nitrogens is 2. The molecule has 0 saturated heterocycles. The van der Waals surface area contributed by atoms with Gasteiger partial charge in [0.1, 0.15) is 5.65 Å².